The molecule has 7 nitrogen and oxygen atoms in total. The Hall–Kier alpha value is -3.00. The Morgan fingerprint density at radius 1 is 1.12 bits per heavy atom. The first kappa shape index (κ1) is 17.8. The van der Waals surface area contributed by atoms with Gasteiger partial charge in [-0.05, 0) is 42.0 Å². The molecule has 0 spiro atoms. The second kappa shape index (κ2) is 7.09. The average molecular weight is 419 g/mol. The lowest BCUT2D eigenvalue weighted by Crippen LogP contribution is -2.35. The third kappa shape index (κ3) is 3.23. The van der Waals surface area contributed by atoms with Gasteiger partial charge in [0.2, 0.25) is 5.75 Å². The highest BCUT2D eigenvalue weighted by molar-refractivity contribution is 9.10. The molecule has 0 saturated carbocycles. The van der Waals surface area contributed by atoms with Gasteiger partial charge in [-0.1, -0.05) is 22.0 Å². The van der Waals surface area contributed by atoms with Crippen LogP contribution in [0.5, 0.6) is 17.2 Å². The Morgan fingerprint density at radius 3 is 2.35 bits per heavy atom. The topological polar surface area (TPSA) is 88.1 Å². The van der Waals surface area contributed by atoms with Crippen LogP contribution in [0.2, 0.25) is 0 Å². The van der Waals surface area contributed by atoms with Crippen molar-refractivity contribution in [2.45, 2.75) is 0 Å². The summed E-state index contributed by atoms with van der Waals surface area (Å²) in [6.45, 7) is 0. The molecule has 3 rings (SSSR count). The predicted octanol–water partition coefficient (Wildman–Crippen LogP) is 2.63. The Balaban J connectivity index is 1.99. The van der Waals surface area contributed by atoms with Crippen LogP contribution in [-0.4, -0.2) is 31.1 Å². The fourth-order valence-corrected chi connectivity index (χ4v) is 2.91. The van der Waals surface area contributed by atoms with Gasteiger partial charge < -0.3 is 14.6 Å². The first-order valence-corrected chi connectivity index (χ1v) is 8.31. The summed E-state index contributed by atoms with van der Waals surface area (Å²) in [5.74, 6) is -0.827. The first-order chi connectivity index (χ1) is 12.4. The van der Waals surface area contributed by atoms with Crippen LogP contribution >= 0.6 is 15.9 Å². The number of nitrogens with one attached hydrogen (secondary N) is 1. The summed E-state index contributed by atoms with van der Waals surface area (Å²) in [7, 11) is 2.79. The Morgan fingerprint density at radius 2 is 1.77 bits per heavy atom. The fourth-order valence-electron chi connectivity index (χ4n) is 2.52. The Kier molecular flexibility index (Phi) is 4.85. The number of halogens is 1. The van der Waals surface area contributed by atoms with E-state index >= 15 is 0 Å². The minimum absolute atomic E-state index is 0.0419. The molecular weight excluding hydrogens is 404 g/mol. The van der Waals surface area contributed by atoms with Crippen LogP contribution < -0.4 is 19.9 Å². The summed E-state index contributed by atoms with van der Waals surface area (Å²) >= 11 is 3.33. The van der Waals surface area contributed by atoms with Crippen molar-refractivity contribution in [2.24, 2.45) is 0 Å². The summed E-state index contributed by atoms with van der Waals surface area (Å²) in [4.78, 5) is 24.9. The molecule has 1 fully saturated rings. The number of aromatic hydroxyl groups is 1. The zero-order valence-corrected chi connectivity index (χ0v) is 15.5. The number of rotatable bonds is 4. The van der Waals surface area contributed by atoms with Crippen molar-refractivity contribution >= 4 is 39.5 Å². The number of amides is 2. The molecule has 2 N–H and O–H groups in total. The zero-order valence-electron chi connectivity index (χ0n) is 13.9. The highest BCUT2D eigenvalue weighted by atomic mass is 79.9. The molecule has 0 unspecified atom stereocenters. The summed E-state index contributed by atoms with van der Waals surface area (Å²) in [5.41, 5.74) is 3.50. The number of hydrogen-bond acceptors (Lipinski definition) is 5. The van der Waals surface area contributed by atoms with Gasteiger partial charge >= 0.3 is 0 Å². The van der Waals surface area contributed by atoms with Crippen molar-refractivity contribution in [2.75, 3.05) is 19.2 Å². The van der Waals surface area contributed by atoms with Gasteiger partial charge in [0.1, 0.15) is 5.57 Å². The molecule has 26 heavy (non-hydrogen) atoms. The molecule has 0 atom stereocenters. The molecule has 134 valence electrons. The molecule has 0 aliphatic carbocycles. The van der Waals surface area contributed by atoms with Crippen molar-refractivity contribution < 1.29 is 24.2 Å². The maximum absolute atomic E-state index is 12.7. The van der Waals surface area contributed by atoms with Crippen LogP contribution in [-0.2, 0) is 9.59 Å². The van der Waals surface area contributed by atoms with Crippen LogP contribution in [0, 0.1) is 0 Å². The number of anilines is 1. The third-order valence-electron chi connectivity index (χ3n) is 3.77. The monoisotopic (exact) mass is 418 g/mol. The zero-order chi connectivity index (χ0) is 18.8. The van der Waals surface area contributed by atoms with E-state index in [0.29, 0.717) is 11.3 Å². The smallest absolute Gasteiger partial charge is 0.282 e. The Bertz CT molecular complexity index is 901. The predicted molar refractivity (Wildman–Crippen MR) is 99.0 cm³/mol. The lowest BCUT2D eigenvalue weighted by Gasteiger charge is -2.14. The van der Waals surface area contributed by atoms with Gasteiger partial charge in [-0.25, -0.2) is 5.01 Å². The number of hydrazine groups is 1. The van der Waals surface area contributed by atoms with Gasteiger partial charge in [-0.2, -0.15) is 0 Å². The Labute approximate surface area is 157 Å². The van der Waals surface area contributed by atoms with E-state index in [9.17, 15) is 14.7 Å². The minimum Gasteiger partial charge on any atom is -0.502 e. The molecule has 1 saturated heterocycles. The second-order valence-corrected chi connectivity index (χ2v) is 6.31. The van der Waals surface area contributed by atoms with Crippen molar-refractivity contribution in [3.05, 3.63) is 52.0 Å². The quantitative estimate of drug-likeness (QED) is 0.588. The molecule has 1 aliphatic rings. The summed E-state index contributed by atoms with van der Waals surface area (Å²) in [5, 5.41) is 11.1. The number of ether oxygens (including phenoxy) is 2. The molecule has 8 heteroatoms. The molecule has 0 radical (unpaired) electrons. The highest BCUT2D eigenvalue weighted by Gasteiger charge is 2.34. The number of methoxy groups -OCH3 is 2. The number of phenols is 1. The average Bonchev–Trinajstić information content (AvgIpc) is 2.91. The number of hydrogen-bond donors (Lipinski definition) is 2. The van der Waals surface area contributed by atoms with Gasteiger partial charge in [0.15, 0.2) is 11.5 Å². The van der Waals surface area contributed by atoms with Crippen LogP contribution in [0.4, 0.5) is 5.69 Å². The second-order valence-electron chi connectivity index (χ2n) is 5.39. The van der Waals surface area contributed by atoms with Crippen LogP contribution in [0.15, 0.2) is 46.4 Å². The van der Waals surface area contributed by atoms with Gasteiger partial charge in [-0.15, -0.1) is 0 Å². The van der Waals surface area contributed by atoms with Crippen LogP contribution in [0.3, 0.4) is 0 Å². The van der Waals surface area contributed by atoms with E-state index in [1.165, 1.54) is 37.4 Å². The maximum atomic E-state index is 12.7. The molecule has 2 aromatic carbocycles. The summed E-state index contributed by atoms with van der Waals surface area (Å²) in [6, 6.07) is 10.0. The van der Waals surface area contributed by atoms with Gasteiger partial charge in [0.05, 0.1) is 19.9 Å². The molecule has 2 aromatic rings. The number of benzene rings is 2. The third-order valence-corrected chi connectivity index (χ3v) is 4.26. The van der Waals surface area contributed by atoms with Crippen LogP contribution in [0.25, 0.3) is 6.08 Å². The van der Waals surface area contributed by atoms with E-state index < -0.39 is 11.8 Å². The van der Waals surface area contributed by atoms with E-state index in [2.05, 4.69) is 21.4 Å². The molecule has 0 aromatic heterocycles. The maximum Gasteiger partial charge on any atom is 0.282 e. The number of phenolic OH excluding ortho intramolecular Hbond substituents is 1. The number of nitrogens with zero attached hydrogens (tertiary/aromatic N) is 1. The van der Waals surface area contributed by atoms with Crippen molar-refractivity contribution in [3.8, 4) is 17.2 Å². The summed E-state index contributed by atoms with van der Waals surface area (Å²) in [6.07, 6.45) is 1.42. The van der Waals surface area contributed by atoms with E-state index in [-0.39, 0.29) is 22.8 Å². The molecule has 1 aliphatic heterocycles. The van der Waals surface area contributed by atoms with E-state index in [0.717, 1.165) is 4.47 Å². The van der Waals surface area contributed by atoms with Gasteiger partial charge in [-0.3, -0.25) is 15.0 Å². The highest BCUT2D eigenvalue weighted by Crippen LogP contribution is 2.38. The normalized spacial score (nSPS) is 15.3. The van der Waals surface area contributed by atoms with Crippen molar-refractivity contribution in [1.29, 1.82) is 0 Å². The van der Waals surface area contributed by atoms with Crippen molar-refractivity contribution in [1.82, 2.24) is 5.43 Å². The van der Waals surface area contributed by atoms with Gasteiger partial charge in [0, 0.05) is 4.47 Å². The van der Waals surface area contributed by atoms with E-state index in [1.54, 1.807) is 18.2 Å². The first-order valence-electron chi connectivity index (χ1n) is 7.52. The SMILES string of the molecule is COc1cc(/C=C2\C(=O)NN(c3cccc(Br)c3)C2=O)cc(OC)c1O. The standard InChI is InChI=1S/C18H15BrN2O5/c1-25-14-7-10(8-15(26-2)16(14)22)6-13-17(23)20-21(18(13)24)12-5-3-4-11(19)9-12/h3-9,22H,1-2H3,(H,20,23)/b13-6+. The van der Waals surface area contributed by atoms with E-state index in [4.69, 9.17) is 9.47 Å². The van der Waals surface area contributed by atoms with Crippen molar-refractivity contribution in [3.63, 3.8) is 0 Å². The summed E-state index contributed by atoms with van der Waals surface area (Å²) < 4.78 is 11.0. The van der Waals surface area contributed by atoms with Gasteiger partial charge in [0.25, 0.3) is 11.8 Å². The number of carbonyl (C=O) groups excluding carboxylic acids is 2. The minimum atomic E-state index is -0.527. The largest absolute Gasteiger partial charge is 0.502 e. The van der Waals surface area contributed by atoms with Crippen LogP contribution in [0.1, 0.15) is 5.56 Å². The lowest BCUT2D eigenvalue weighted by atomic mass is 10.1. The number of carbonyl (C=O) groups is 2. The molecule has 1 heterocycles. The van der Waals surface area contributed by atoms with E-state index in [1.807, 2.05) is 6.07 Å². The molecule has 2 amide bonds. The molecule has 0 bridgehead atoms. The lowest BCUT2D eigenvalue weighted by molar-refractivity contribution is -0.117. The fraction of sp³-hybridized carbons (Fsp3) is 0.111. The molecular formula is C18H15BrN2O5.